The van der Waals surface area contributed by atoms with Crippen molar-refractivity contribution in [3.05, 3.63) is 82.8 Å². The van der Waals surface area contributed by atoms with Gasteiger partial charge >= 0.3 is 0 Å². The summed E-state index contributed by atoms with van der Waals surface area (Å²) in [5.41, 5.74) is 0. The van der Waals surface area contributed by atoms with E-state index in [1.54, 1.807) is 0 Å². The van der Waals surface area contributed by atoms with Crippen LogP contribution in [-0.4, -0.2) is 42.7 Å². The SMILES string of the molecule is CCCC/C(=C\O)S(=O)(=O)C1=CCC(S(=O)(=O)c2ccc(S(=O)(=O)c3ccc(OC)cc3)cc2)C=C1. The van der Waals surface area contributed by atoms with E-state index in [1.165, 1.54) is 73.9 Å². The van der Waals surface area contributed by atoms with Crippen LogP contribution in [0.15, 0.2) is 97.5 Å². The summed E-state index contributed by atoms with van der Waals surface area (Å²) < 4.78 is 82.6. The molecule has 0 radical (unpaired) electrons. The van der Waals surface area contributed by atoms with Gasteiger partial charge in [0.25, 0.3) is 0 Å². The van der Waals surface area contributed by atoms with Crippen molar-refractivity contribution >= 4 is 29.5 Å². The molecule has 3 rings (SSSR count). The predicted octanol–water partition coefficient (Wildman–Crippen LogP) is 4.52. The lowest BCUT2D eigenvalue weighted by Crippen LogP contribution is -2.22. The molecule has 0 saturated carbocycles. The summed E-state index contributed by atoms with van der Waals surface area (Å²) in [4.78, 5) is -0.274. The topological polar surface area (TPSA) is 132 Å². The minimum Gasteiger partial charge on any atom is -0.515 e. The summed E-state index contributed by atoms with van der Waals surface area (Å²) in [7, 11) is -10.2. The van der Waals surface area contributed by atoms with Gasteiger partial charge in [-0.2, -0.15) is 0 Å². The maximum Gasteiger partial charge on any atom is 0.206 e. The molecule has 0 bridgehead atoms. The van der Waals surface area contributed by atoms with E-state index < -0.39 is 34.8 Å². The number of hydrogen-bond donors (Lipinski definition) is 1. The second-order valence-electron chi connectivity index (χ2n) is 8.14. The molecule has 0 saturated heterocycles. The third kappa shape index (κ3) is 5.58. The molecule has 11 heteroatoms. The Morgan fingerprint density at radius 3 is 1.97 bits per heavy atom. The number of methoxy groups -OCH3 is 1. The van der Waals surface area contributed by atoms with Crippen molar-refractivity contribution in [2.45, 2.75) is 52.5 Å². The van der Waals surface area contributed by atoms with Crippen LogP contribution in [0.3, 0.4) is 0 Å². The molecule has 0 aromatic heterocycles. The van der Waals surface area contributed by atoms with Gasteiger partial charge in [-0.25, -0.2) is 25.3 Å². The zero-order valence-corrected chi connectivity index (χ0v) is 22.3. The van der Waals surface area contributed by atoms with Gasteiger partial charge < -0.3 is 9.84 Å². The van der Waals surface area contributed by atoms with Crippen LogP contribution >= 0.6 is 0 Å². The summed E-state index contributed by atoms with van der Waals surface area (Å²) in [6.45, 7) is 1.90. The van der Waals surface area contributed by atoms with Crippen LogP contribution in [-0.2, 0) is 29.5 Å². The van der Waals surface area contributed by atoms with Gasteiger partial charge in [0.15, 0.2) is 9.84 Å². The Morgan fingerprint density at radius 2 is 1.50 bits per heavy atom. The van der Waals surface area contributed by atoms with Crippen LogP contribution in [0.4, 0.5) is 0 Å². The number of aliphatic hydroxyl groups is 1. The zero-order valence-electron chi connectivity index (χ0n) is 19.9. The average Bonchev–Trinajstić information content (AvgIpc) is 2.89. The number of aliphatic hydroxyl groups excluding tert-OH is 1. The lowest BCUT2D eigenvalue weighted by molar-refractivity contribution is 0.414. The van der Waals surface area contributed by atoms with Gasteiger partial charge in [0.05, 0.1) is 43.1 Å². The Kier molecular flexibility index (Phi) is 8.48. The highest BCUT2D eigenvalue weighted by Gasteiger charge is 2.30. The normalized spacial score (nSPS) is 17.0. The minimum absolute atomic E-state index is 0.0447. The Hall–Kier alpha value is -2.89. The van der Waals surface area contributed by atoms with Crippen LogP contribution in [0, 0.1) is 0 Å². The van der Waals surface area contributed by atoms with Crippen molar-refractivity contribution in [2.75, 3.05) is 7.11 Å². The highest BCUT2D eigenvalue weighted by Crippen LogP contribution is 2.31. The maximum atomic E-state index is 13.1. The Balaban J connectivity index is 1.80. The molecular formula is C25H28O8S3. The number of ether oxygens (including phenoxy) is 1. The van der Waals surface area contributed by atoms with Gasteiger partial charge in [0, 0.05) is 0 Å². The number of sulfone groups is 3. The van der Waals surface area contributed by atoms with E-state index in [9.17, 15) is 30.4 Å². The van der Waals surface area contributed by atoms with Crippen molar-refractivity contribution in [3.63, 3.8) is 0 Å². The lowest BCUT2D eigenvalue weighted by atomic mass is 10.2. The van der Waals surface area contributed by atoms with Gasteiger partial charge in [-0.15, -0.1) is 0 Å². The summed E-state index contributed by atoms with van der Waals surface area (Å²) in [5.74, 6) is 0.505. The fourth-order valence-electron chi connectivity index (χ4n) is 3.66. The summed E-state index contributed by atoms with van der Waals surface area (Å²) in [6, 6.07) is 10.8. The number of unbranched alkanes of at least 4 members (excludes halogenated alkanes) is 1. The molecule has 1 atom stereocenters. The number of allylic oxidation sites excluding steroid dienone is 3. The van der Waals surface area contributed by atoms with E-state index in [1.807, 2.05) is 6.92 Å². The Morgan fingerprint density at radius 1 is 0.944 bits per heavy atom. The summed E-state index contributed by atoms with van der Waals surface area (Å²) >= 11 is 0. The first-order chi connectivity index (χ1) is 17.0. The fraction of sp³-hybridized carbons (Fsp3) is 0.280. The van der Waals surface area contributed by atoms with E-state index in [0.717, 1.165) is 6.42 Å². The van der Waals surface area contributed by atoms with Crippen molar-refractivity contribution < 1.29 is 35.1 Å². The smallest absolute Gasteiger partial charge is 0.206 e. The molecule has 36 heavy (non-hydrogen) atoms. The van der Waals surface area contributed by atoms with Gasteiger partial charge in [-0.3, -0.25) is 0 Å². The van der Waals surface area contributed by atoms with E-state index in [2.05, 4.69) is 0 Å². The summed E-state index contributed by atoms with van der Waals surface area (Å²) in [5, 5.41) is 8.37. The second kappa shape index (κ2) is 11.0. The van der Waals surface area contributed by atoms with Crippen molar-refractivity contribution in [1.82, 2.24) is 0 Å². The predicted molar refractivity (Wildman–Crippen MR) is 137 cm³/mol. The maximum absolute atomic E-state index is 13.1. The molecule has 1 N–H and O–H groups in total. The lowest BCUT2D eigenvalue weighted by Gasteiger charge is -2.18. The standard InChI is InChI=1S/C25H28O8S3/c1-3-4-5-25(18-26)36(31,32)24-16-14-23(15-17-24)35(29,30)22-12-10-21(11-13-22)34(27,28)20-8-6-19(33-2)7-9-20/h6-14,16-18,23,26H,3-5,15H2,1-2H3/b25-18+. The molecule has 194 valence electrons. The molecular weight excluding hydrogens is 524 g/mol. The molecule has 0 heterocycles. The quantitative estimate of drug-likeness (QED) is 0.426. The first-order valence-electron chi connectivity index (χ1n) is 11.2. The molecule has 1 unspecified atom stereocenters. The average molecular weight is 553 g/mol. The van der Waals surface area contributed by atoms with Gasteiger partial charge in [0.1, 0.15) is 5.75 Å². The molecule has 1 aliphatic rings. The molecule has 0 fully saturated rings. The number of benzene rings is 2. The van der Waals surface area contributed by atoms with Crippen LogP contribution in [0.5, 0.6) is 5.75 Å². The van der Waals surface area contributed by atoms with Crippen LogP contribution in [0.2, 0.25) is 0 Å². The molecule has 2 aromatic carbocycles. The highest BCUT2D eigenvalue weighted by atomic mass is 32.2. The molecule has 0 spiro atoms. The minimum atomic E-state index is -3.92. The van der Waals surface area contributed by atoms with Gasteiger partial charge in [-0.1, -0.05) is 25.5 Å². The molecule has 2 aromatic rings. The molecule has 1 aliphatic carbocycles. The van der Waals surface area contributed by atoms with E-state index in [4.69, 9.17) is 4.74 Å². The first kappa shape index (κ1) is 27.7. The number of rotatable bonds is 10. The fourth-order valence-corrected chi connectivity index (χ4v) is 7.84. The monoisotopic (exact) mass is 552 g/mol. The molecule has 8 nitrogen and oxygen atoms in total. The van der Waals surface area contributed by atoms with Crippen LogP contribution in [0.1, 0.15) is 32.6 Å². The highest BCUT2D eigenvalue weighted by molar-refractivity contribution is 7.99. The van der Waals surface area contributed by atoms with Crippen LogP contribution < -0.4 is 4.74 Å². The zero-order chi connectivity index (χ0) is 26.6. The third-order valence-corrected chi connectivity index (χ3v) is 11.6. The second-order valence-corrected chi connectivity index (χ2v) is 14.3. The van der Waals surface area contributed by atoms with Crippen molar-refractivity contribution in [1.29, 1.82) is 0 Å². The van der Waals surface area contributed by atoms with E-state index in [-0.39, 0.29) is 37.3 Å². The van der Waals surface area contributed by atoms with E-state index in [0.29, 0.717) is 18.4 Å². The Bertz CT molecular complexity index is 1500. The number of hydrogen-bond acceptors (Lipinski definition) is 8. The first-order valence-corrected chi connectivity index (χ1v) is 15.7. The van der Waals surface area contributed by atoms with Crippen molar-refractivity contribution in [3.8, 4) is 5.75 Å². The third-order valence-electron chi connectivity index (χ3n) is 5.83. The largest absolute Gasteiger partial charge is 0.515 e. The van der Waals surface area contributed by atoms with Crippen molar-refractivity contribution in [2.24, 2.45) is 0 Å². The van der Waals surface area contributed by atoms with E-state index >= 15 is 0 Å². The molecule has 0 amide bonds. The van der Waals surface area contributed by atoms with Gasteiger partial charge in [-0.05, 0) is 73.9 Å². The van der Waals surface area contributed by atoms with Crippen LogP contribution in [0.25, 0.3) is 0 Å². The Labute approximate surface area is 212 Å². The summed E-state index contributed by atoms with van der Waals surface area (Å²) in [6.07, 6.45) is 5.91. The molecule has 0 aliphatic heterocycles. The van der Waals surface area contributed by atoms with Gasteiger partial charge in [0.2, 0.25) is 19.7 Å².